The van der Waals surface area contributed by atoms with Crippen LogP contribution >= 0.6 is 34.2 Å². The summed E-state index contributed by atoms with van der Waals surface area (Å²) in [6, 6.07) is 0. The Hall–Kier alpha value is -0.670. The molecule has 2 aromatic rings. The van der Waals surface area contributed by atoms with Crippen LogP contribution in [-0.2, 0) is 5.54 Å². The number of aromatic nitrogens is 4. The van der Waals surface area contributed by atoms with Gasteiger partial charge in [-0.05, 0) is 20.3 Å². The highest BCUT2D eigenvalue weighted by Gasteiger charge is 2.26. The summed E-state index contributed by atoms with van der Waals surface area (Å²) in [6.07, 6.45) is 0.443. The van der Waals surface area contributed by atoms with E-state index in [1.54, 1.807) is 0 Å². The Kier molecular flexibility index (Phi) is 3.65. The van der Waals surface area contributed by atoms with Crippen LogP contribution in [-0.4, -0.2) is 31.2 Å². The van der Waals surface area contributed by atoms with Gasteiger partial charge in [-0.3, -0.25) is 4.57 Å². The van der Waals surface area contributed by atoms with Gasteiger partial charge in [-0.15, -0.1) is 0 Å². The minimum atomic E-state index is -0.551. The monoisotopic (exact) mass is 382 g/mol. The van der Waals surface area contributed by atoms with Crippen LogP contribution in [0.3, 0.4) is 0 Å². The van der Waals surface area contributed by atoms with E-state index >= 15 is 0 Å². The number of aromatic amines is 1. The average Bonchev–Trinajstić information content (AvgIpc) is 2.55. The molecule has 2 aromatic heterocycles. The van der Waals surface area contributed by atoms with Crippen molar-refractivity contribution in [3.8, 4) is 0 Å². The molecule has 98 valence electrons. The molecule has 0 radical (unpaired) electrons. The van der Waals surface area contributed by atoms with E-state index in [0.717, 1.165) is 0 Å². The van der Waals surface area contributed by atoms with E-state index in [1.807, 2.05) is 36.4 Å². The van der Waals surface area contributed by atoms with E-state index in [1.165, 1.54) is 4.57 Å². The summed E-state index contributed by atoms with van der Waals surface area (Å²) in [7, 11) is 0. The van der Waals surface area contributed by atoms with Crippen molar-refractivity contribution in [2.45, 2.75) is 25.8 Å². The van der Waals surface area contributed by atoms with Gasteiger partial charge >= 0.3 is 5.69 Å². The van der Waals surface area contributed by atoms with Crippen LogP contribution in [0.4, 0.5) is 0 Å². The molecule has 2 heterocycles. The molecule has 0 aromatic carbocycles. The third kappa shape index (κ3) is 2.26. The van der Waals surface area contributed by atoms with Crippen LogP contribution in [0.1, 0.15) is 20.3 Å². The Morgan fingerprint density at radius 2 is 2.17 bits per heavy atom. The summed E-state index contributed by atoms with van der Waals surface area (Å²) in [5.74, 6) is 0. The molecule has 0 aliphatic carbocycles. The first-order chi connectivity index (χ1) is 8.36. The molecule has 18 heavy (non-hydrogen) atoms. The number of nitrogens with zero attached hydrogens (tertiary/aromatic N) is 3. The first-order valence-electron chi connectivity index (χ1n) is 5.32. The molecule has 8 heteroatoms. The number of imidazole rings is 1. The highest BCUT2D eigenvalue weighted by atomic mass is 127. The van der Waals surface area contributed by atoms with Crippen molar-refractivity contribution in [2.24, 2.45) is 0 Å². The topological polar surface area (TPSA) is 83.8 Å². The fourth-order valence-electron chi connectivity index (χ4n) is 1.87. The molecule has 0 saturated heterocycles. The molecular formula is C10H12ClIN4O2. The van der Waals surface area contributed by atoms with Gasteiger partial charge in [0.05, 0.1) is 0 Å². The standard InChI is InChI=1S/C10H12ClIN4O2/c1-10(2,3-4-17)16-7-5(13-9(16)18)6(11)14-8(12)15-7/h17H,3-4H2,1-2H3,(H,13,18). The van der Waals surface area contributed by atoms with Crippen LogP contribution < -0.4 is 5.69 Å². The number of hydrogen-bond acceptors (Lipinski definition) is 4. The third-order valence-electron chi connectivity index (χ3n) is 2.79. The lowest BCUT2D eigenvalue weighted by molar-refractivity contribution is 0.213. The fraction of sp³-hybridized carbons (Fsp3) is 0.500. The summed E-state index contributed by atoms with van der Waals surface area (Å²) >= 11 is 7.93. The Bertz CT molecular complexity index is 649. The fourth-order valence-corrected chi connectivity index (χ4v) is 2.70. The second-order valence-corrected chi connectivity index (χ2v) is 5.86. The first-order valence-corrected chi connectivity index (χ1v) is 6.77. The van der Waals surface area contributed by atoms with E-state index in [-0.39, 0.29) is 17.4 Å². The van der Waals surface area contributed by atoms with Crippen LogP contribution in [0.15, 0.2) is 4.79 Å². The Balaban J connectivity index is 2.79. The van der Waals surface area contributed by atoms with E-state index in [4.69, 9.17) is 16.7 Å². The third-order valence-corrected chi connectivity index (χ3v) is 3.55. The van der Waals surface area contributed by atoms with Crippen molar-refractivity contribution in [1.29, 1.82) is 0 Å². The number of aliphatic hydroxyl groups is 1. The number of halogens is 2. The summed E-state index contributed by atoms with van der Waals surface area (Å²) in [6.45, 7) is 3.71. The van der Waals surface area contributed by atoms with Crippen molar-refractivity contribution < 1.29 is 5.11 Å². The number of hydrogen-bond donors (Lipinski definition) is 2. The number of fused-ring (bicyclic) bond motifs is 1. The Morgan fingerprint density at radius 3 is 2.78 bits per heavy atom. The number of rotatable bonds is 3. The second-order valence-electron chi connectivity index (χ2n) is 4.53. The maximum atomic E-state index is 12.0. The number of nitrogens with one attached hydrogen (secondary N) is 1. The quantitative estimate of drug-likeness (QED) is 0.479. The highest BCUT2D eigenvalue weighted by Crippen LogP contribution is 2.24. The summed E-state index contributed by atoms with van der Waals surface area (Å²) in [5.41, 5.74) is 0.0304. The van der Waals surface area contributed by atoms with Gasteiger partial charge in [-0.1, -0.05) is 11.6 Å². The molecule has 0 aliphatic rings. The molecule has 0 unspecified atom stereocenters. The van der Waals surface area contributed by atoms with Crippen molar-refractivity contribution in [2.75, 3.05) is 6.61 Å². The lowest BCUT2D eigenvalue weighted by Crippen LogP contribution is -2.35. The molecule has 2 rings (SSSR count). The van der Waals surface area contributed by atoms with Crippen LogP contribution in [0.25, 0.3) is 11.2 Å². The van der Waals surface area contributed by atoms with Crippen molar-refractivity contribution >= 4 is 45.4 Å². The lowest BCUT2D eigenvalue weighted by Gasteiger charge is -2.24. The molecule has 0 amide bonds. The van der Waals surface area contributed by atoms with Crippen molar-refractivity contribution in [3.05, 3.63) is 19.5 Å². The lowest BCUT2D eigenvalue weighted by atomic mass is 10.0. The Morgan fingerprint density at radius 1 is 1.50 bits per heavy atom. The van der Waals surface area contributed by atoms with Gasteiger partial charge in [0, 0.05) is 34.7 Å². The maximum absolute atomic E-state index is 12.0. The van der Waals surface area contributed by atoms with E-state index in [0.29, 0.717) is 21.4 Å². The second kappa shape index (κ2) is 4.78. The largest absolute Gasteiger partial charge is 0.396 e. The van der Waals surface area contributed by atoms with Crippen LogP contribution in [0.5, 0.6) is 0 Å². The van der Waals surface area contributed by atoms with Crippen molar-refractivity contribution in [1.82, 2.24) is 19.5 Å². The van der Waals surface area contributed by atoms with Gasteiger partial charge in [-0.2, -0.15) is 0 Å². The predicted octanol–water partition coefficient (Wildman–Crippen LogP) is 1.50. The van der Waals surface area contributed by atoms with E-state index in [2.05, 4.69) is 15.0 Å². The number of H-pyrrole nitrogens is 1. The molecule has 0 fully saturated rings. The molecular weight excluding hydrogens is 370 g/mol. The molecule has 2 N–H and O–H groups in total. The maximum Gasteiger partial charge on any atom is 0.328 e. The minimum Gasteiger partial charge on any atom is -0.396 e. The molecule has 0 aliphatic heterocycles. The molecule has 6 nitrogen and oxygen atoms in total. The first kappa shape index (κ1) is 13.8. The van der Waals surface area contributed by atoms with Gasteiger partial charge in [0.25, 0.3) is 0 Å². The average molecular weight is 383 g/mol. The van der Waals surface area contributed by atoms with Gasteiger partial charge < -0.3 is 10.1 Å². The zero-order valence-corrected chi connectivity index (χ0v) is 12.8. The van der Waals surface area contributed by atoms with Crippen LogP contribution in [0.2, 0.25) is 5.15 Å². The zero-order valence-electron chi connectivity index (χ0n) is 9.87. The smallest absolute Gasteiger partial charge is 0.328 e. The molecule has 0 spiro atoms. The van der Waals surface area contributed by atoms with Gasteiger partial charge in [0.15, 0.2) is 14.6 Å². The van der Waals surface area contributed by atoms with E-state index < -0.39 is 5.54 Å². The summed E-state index contributed by atoms with van der Waals surface area (Å²) in [5, 5.41) is 9.31. The van der Waals surface area contributed by atoms with Crippen molar-refractivity contribution in [3.63, 3.8) is 0 Å². The van der Waals surface area contributed by atoms with Gasteiger partial charge in [0.1, 0.15) is 5.52 Å². The summed E-state index contributed by atoms with van der Waals surface area (Å²) < 4.78 is 1.98. The predicted molar refractivity (Wildman–Crippen MR) is 76.9 cm³/mol. The number of aliphatic hydroxyl groups excluding tert-OH is 1. The van der Waals surface area contributed by atoms with E-state index in [9.17, 15) is 4.79 Å². The SMILES string of the molecule is CC(C)(CCO)n1c(=O)[nH]c2c(Cl)nc(I)nc21. The molecule has 0 saturated carbocycles. The normalized spacial score (nSPS) is 12.3. The molecule has 0 bridgehead atoms. The minimum absolute atomic E-state index is 0.0119. The highest BCUT2D eigenvalue weighted by molar-refractivity contribution is 14.1. The van der Waals surface area contributed by atoms with Crippen LogP contribution in [0, 0.1) is 3.83 Å². The Labute approximate surface area is 122 Å². The summed E-state index contributed by atoms with van der Waals surface area (Å²) in [4.78, 5) is 22.9. The molecule has 0 atom stereocenters. The van der Waals surface area contributed by atoms with Gasteiger partial charge in [-0.25, -0.2) is 14.8 Å². The zero-order chi connectivity index (χ0) is 13.5. The van der Waals surface area contributed by atoms with Gasteiger partial charge in [0.2, 0.25) is 0 Å².